The Labute approximate surface area is 80.9 Å². The lowest BCUT2D eigenvalue weighted by Gasteiger charge is -2.31. The topological polar surface area (TPSA) is 3.24 Å². The van der Waals surface area contributed by atoms with Crippen LogP contribution in [0.4, 0.5) is 0 Å². The van der Waals surface area contributed by atoms with Crippen LogP contribution in [-0.2, 0) is 0 Å². The van der Waals surface area contributed by atoms with Gasteiger partial charge in [0.25, 0.3) is 0 Å². The van der Waals surface area contributed by atoms with Gasteiger partial charge in [0.15, 0.2) is 0 Å². The smallest absolute Gasteiger partial charge is 0.0124 e. The first-order valence-corrected chi connectivity index (χ1v) is 5.90. The number of hydrogen-bond acceptors (Lipinski definition) is 2. The molecule has 2 rings (SSSR count). The lowest BCUT2D eigenvalue weighted by atomic mass is 9.85. The average Bonchev–Trinajstić information content (AvgIpc) is 2.50. The van der Waals surface area contributed by atoms with E-state index in [2.05, 4.69) is 17.5 Å². The normalized spacial score (nSPS) is 36.8. The van der Waals surface area contributed by atoms with Crippen LogP contribution in [0.15, 0.2) is 0 Å². The fourth-order valence-electron chi connectivity index (χ4n) is 2.91. The highest BCUT2D eigenvalue weighted by molar-refractivity contribution is 7.80. The lowest BCUT2D eigenvalue weighted by Crippen LogP contribution is -2.35. The minimum Gasteiger partial charge on any atom is -0.299 e. The van der Waals surface area contributed by atoms with Crippen molar-refractivity contribution in [3.8, 4) is 0 Å². The maximum absolute atomic E-state index is 4.31. The molecule has 1 aliphatic heterocycles. The van der Waals surface area contributed by atoms with Crippen molar-refractivity contribution >= 4 is 12.6 Å². The van der Waals surface area contributed by atoms with Crippen molar-refractivity contribution in [2.75, 3.05) is 18.8 Å². The van der Waals surface area contributed by atoms with Crippen LogP contribution < -0.4 is 0 Å². The summed E-state index contributed by atoms with van der Waals surface area (Å²) in [4.78, 5) is 2.66. The molecule has 0 aromatic rings. The number of thiol groups is 1. The van der Waals surface area contributed by atoms with Crippen molar-refractivity contribution in [3.63, 3.8) is 0 Å². The second-order valence-electron chi connectivity index (χ2n) is 4.16. The van der Waals surface area contributed by atoms with Crippen LogP contribution >= 0.6 is 12.6 Å². The maximum Gasteiger partial charge on any atom is 0.0124 e. The summed E-state index contributed by atoms with van der Waals surface area (Å²) in [6.07, 6.45) is 7.35. The standard InChI is InChI=1S/C10H19NS/c12-8-7-11-6-5-9-3-1-2-4-10(9)11/h9-10,12H,1-8H2. The molecule has 0 bridgehead atoms. The molecule has 1 saturated carbocycles. The van der Waals surface area contributed by atoms with Crippen LogP contribution in [0, 0.1) is 5.92 Å². The van der Waals surface area contributed by atoms with Gasteiger partial charge in [-0.15, -0.1) is 0 Å². The van der Waals surface area contributed by atoms with Crippen molar-refractivity contribution in [3.05, 3.63) is 0 Å². The second-order valence-corrected chi connectivity index (χ2v) is 4.61. The molecule has 2 fully saturated rings. The first kappa shape index (κ1) is 8.89. The van der Waals surface area contributed by atoms with E-state index in [9.17, 15) is 0 Å². The Balaban J connectivity index is 1.92. The van der Waals surface area contributed by atoms with Crippen molar-refractivity contribution in [1.82, 2.24) is 4.90 Å². The molecule has 0 spiro atoms. The van der Waals surface area contributed by atoms with Crippen LogP contribution in [0.2, 0.25) is 0 Å². The molecule has 1 aliphatic carbocycles. The summed E-state index contributed by atoms with van der Waals surface area (Å²) in [5.41, 5.74) is 0. The molecule has 2 atom stereocenters. The zero-order chi connectivity index (χ0) is 8.39. The molecule has 1 heterocycles. The molecular formula is C10H19NS. The molecule has 0 aromatic carbocycles. The molecule has 12 heavy (non-hydrogen) atoms. The predicted octanol–water partition coefficient (Wildman–Crippen LogP) is 2.18. The summed E-state index contributed by atoms with van der Waals surface area (Å²) in [5, 5.41) is 0. The van der Waals surface area contributed by atoms with E-state index in [0.29, 0.717) is 0 Å². The largest absolute Gasteiger partial charge is 0.299 e. The van der Waals surface area contributed by atoms with Crippen molar-refractivity contribution in [2.24, 2.45) is 5.92 Å². The van der Waals surface area contributed by atoms with Gasteiger partial charge in [0, 0.05) is 18.3 Å². The fourth-order valence-corrected chi connectivity index (χ4v) is 3.17. The second kappa shape index (κ2) is 4.01. The van der Waals surface area contributed by atoms with Gasteiger partial charge in [0.2, 0.25) is 0 Å². The van der Waals surface area contributed by atoms with Crippen molar-refractivity contribution in [2.45, 2.75) is 38.1 Å². The summed E-state index contributed by atoms with van der Waals surface area (Å²) < 4.78 is 0. The van der Waals surface area contributed by atoms with Crippen LogP contribution in [0.3, 0.4) is 0 Å². The third-order valence-electron chi connectivity index (χ3n) is 3.51. The molecule has 1 nitrogen and oxygen atoms in total. The monoisotopic (exact) mass is 185 g/mol. The van der Waals surface area contributed by atoms with E-state index in [0.717, 1.165) is 17.7 Å². The quantitative estimate of drug-likeness (QED) is 0.645. The molecular weight excluding hydrogens is 166 g/mol. The van der Waals surface area contributed by atoms with Gasteiger partial charge in [0.05, 0.1) is 0 Å². The van der Waals surface area contributed by atoms with Gasteiger partial charge in [-0.25, -0.2) is 0 Å². The van der Waals surface area contributed by atoms with E-state index in [1.807, 2.05) is 0 Å². The van der Waals surface area contributed by atoms with E-state index >= 15 is 0 Å². The summed E-state index contributed by atoms with van der Waals surface area (Å²) in [6, 6.07) is 0.936. The minimum absolute atomic E-state index is 0.936. The Bertz CT molecular complexity index is 149. The Morgan fingerprint density at radius 1 is 1.17 bits per heavy atom. The van der Waals surface area contributed by atoms with Crippen LogP contribution in [0.1, 0.15) is 32.1 Å². The molecule has 2 unspecified atom stereocenters. The summed E-state index contributed by atoms with van der Waals surface area (Å²) in [6.45, 7) is 2.56. The Morgan fingerprint density at radius 3 is 2.83 bits per heavy atom. The molecule has 0 amide bonds. The molecule has 2 aliphatic rings. The van der Waals surface area contributed by atoms with Gasteiger partial charge in [-0.3, -0.25) is 4.90 Å². The third-order valence-corrected chi connectivity index (χ3v) is 3.71. The zero-order valence-corrected chi connectivity index (χ0v) is 8.60. The minimum atomic E-state index is 0.936. The van der Waals surface area contributed by atoms with Gasteiger partial charge in [0.1, 0.15) is 0 Å². The first-order chi connectivity index (χ1) is 5.92. The number of fused-ring (bicyclic) bond motifs is 1. The maximum atomic E-state index is 4.31. The molecule has 0 aromatic heterocycles. The zero-order valence-electron chi connectivity index (χ0n) is 7.71. The van der Waals surface area contributed by atoms with E-state index in [1.165, 1.54) is 45.2 Å². The van der Waals surface area contributed by atoms with Gasteiger partial charge in [-0.2, -0.15) is 12.6 Å². The molecule has 0 radical (unpaired) electrons. The summed E-state index contributed by atoms with van der Waals surface area (Å²) in [7, 11) is 0. The fraction of sp³-hybridized carbons (Fsp3) is 1.00. The van der Waals surface area contributed by atoms with Gasteiger partial charge < -0.3 is 0 Å². The Hall–Kier alpha value is 0.310. The Kier molecular flexibility index (Phi) is 2.97. The average molecular weight is 185 g/mol. The third kappa shape index (κ3) is 1.64. The van der Waals surface area contributed by atoms with E-state index in [1.54, 1.807) is 0 Å². The lowest BCUT2D eigenvalue weighted by molar-refractivity contribution is 0.191. The molecule has 1 saturated heterocycles. The highest BCUT2D eigenvalue weighted by atomic mass is 32.1. The number of nitrogens with zero attached hydrogens (tertiary/aromatic N) is 1. The highest BCUT2D eigenvalue weighted by Gasteiger charge is 2.34. The SMILES string of the molecule is SCCN1CCC2CCCCC21. The summed E-state index contributed by atoms with van der Waals surface area (Å²) in [5.74, 6) is 2.07. The highest BCUT2D eigenvalue weighted by Crippen LogP contribution is 2.35. The van der Waals surface area contributed by atoms with Gasteiger partial charge in [-0.05, 0) is 31.7 Å². The molecule has 0 N–H and O–H groups in total. The predicted molar refractivity (Wildman–Crippen MR) is 55.8 cm³/mol. The number of hydrogen-bond donors (Lipinski definition) is 1. The van der Waals surface area contributed by atoms with Crippen molar-refractivity contribution in [1.29, 1.82) is 0 Å². The van der Waals surface area contributed by atoms with Gasteiger partial charge >= 0.3 is 0 Å². The Morgan fingerprint density at radius 2 is 2.00 bits per heavy atom. The number of likely N-dealkylation sites (tertiary alicyclic amines) is 1. The van der Waals surface area contributed by atoms with E-state index in [4.69, 9.17) is 0 Å². The van der Waals surface area contributed by atoms with Crippen LogP contribution in [0.5, 0.6) is 0 Å². The van der Waals surface area contributed by atoms with Gasteiger partial charge in [-0.1, -0.05) is 12.8 Å². The first-order valence-electron chi connectivity index (χ1n) is 5.26. The van der Waals surface area contributed by atoms with Crippen LogP contribution in [0.25, 0.3) is 0 Å². The van der Waals surface area contributed by atoms with E-state index < -0.39 is 0 Å². The summed E-state index contributed by atoms with van der Waals surface area (Å²) >= 11 is 4.31. The van der Waals surface area contributed by atoms with E-state index in [-0.39, 0.29) is 0 Å². The van der Waals surface area contributed by atoms with Crippen molar-refractivity contribution < 1.29 is 0 Å². The molecule has 70 valence electrons. The van der Waals surface area contributed by atoms with Crippen LogP contribution in [-0.4, -0.2) is 29.8 Å². The number of rotatable bonds is 2. The molecule has 2 heteroatoms.